The van der Waals surface area contributed by atoms with Crippen molar-refractivity contribution >= 4 is 40.5 Å². The van der Waals surface area contributed by atoms with Gasteiger partial charge in [0.25, 0.3) is 0 Å². The molecule has 3 N–H and O–H groups in total. The van der Waals surface area contributed by atoms with Crippen molar-refractivity contribution in [2.45, 2.75) is 6.92 Å². The van der Waals surface area contributed by atoms with Gasteiger partial charge in [0, 0.05) is 61.4 Å². The van der Waals surface area contributed by atoms with Crippen LogP contribution in [0, 0.1) is 24.0 Å². The van der Waals surface area contributed by atoms with E-state index in [0.717, 1.165) is 32.2 Å². The van der Waals surface area contributed by atoms with Crippen LogP contribution in [0.15, 0.2) is 18.2 Å². The largest absolute Gasteiger partial charge is 0.421 e. The van der Waals surface area contributed by atoms with Crippen LogP contribution in [0.5, 0.6) is 11.8 Å². The van der Waals surface area contributed by atoms with Gasteiger partial charge in [-0.05, 0) is 20.0 Å². The first-order valence-electron chi connectivity index (χ1n) is 10.2. The monoisotopic (exact) mass is 461 g/mol. The van der Waals surface area contributed by atoms with E-state index >= 15 is 4.39 Å². The van der Waals surface area contributed by atoms with Gasteiger partial charge in [-0.25, -0.2) is 8.78 Å². The van der Waals surface area contributed by atoms with E-state index < -0.39 is 11.6 Å². The number of likely N-dealkylation sites (N-methyl/N-ethyl adjacent to an activating group) is 1. The maximum atomic E-state index is 15.0. The lowest BCUT2D eigenvalue weighted by molar-refractivity contribution is 0.311. The van der Waals surface area contributed by atoms with E-state index in [0.29, 0.717) is 29.0 Å². The highest BCUT2D eigenvalue weighted by molar-refractivity contribution is 7.99. The average Bonchev–Trinajstić information content (AvgIpc) is 3.18. The molecule has 1 saturated heterocycles. The summed E-state index contributed by atoms with van der Waals surface area (Å²) in [5, 5.41) is 10.4. The number of aromatic amines is 1. The molecule has 170 valence electrons. The molecule has 0 amide bonds. The molecule has 0 radical (unpaired) electrons. The summed E-state index contributed by atoms with van der Waals surface area (Å²) < 4.78 is 35.2. The Kier molecular flexibility index (Phi) is 6.75. The fraction of sp³-hybridized carbons (Fsp3) is 0.381. The highest BCUT2D eigenvalue weighted by atomic mass is 32.2. The van der Waals surface area contributed by atoms with Crippen LogP contribution in [0.3, 0.4) is 0 Å². The zero-order valence-electron chi connectivity index (χ0n) is 17.9. The number of nitrogens with zero attached hydrogens (tertiary/aromatic N) is 4. The van der Waals surface area contributed by atoms with Gasteiger partial charge in [-0.3, -0.25) is 0 Å². The van der Waals surface area contributed by atoms with E-state index in [4.69, 9.17) is 10.1 Å². The van der Waals surface area contributed by atoms with Gasteiger partial charge in [0.1, 0.15) is 11.6 Å². The number of rotatable bonds is 8. The smallest absolute Gasteiger partial charge is 0.326 e. The fourth-order valence-electron chi connectivity index (χ4n) is 3.50. The Hall–Kier alpha value is -2.92. The molecule has 0 aliphatic carbocycles. The number of ether oxygens (including phenoxy) is 1. The minimum absolute atomic E-state index is 0.0640. The van der Waals surface area contributed by atoms with Gasteiger partial charge in [-0.2, -0.15) is 9.97 Å². The molecule has 11 heteroatoms. The van der Waals surface area contributed by atoms with Crippen LogP contribution >= 0.6 is 11.8 Å². The lowest BCUT2D eigenvalue weighted by Crippen LogP contribution is -2.44. The number of hydrogen-bond donors (Lipinski definition) is 3. The van der Waals surface area contributed by atoms with Gasteiger partial charge >= 0.3 is 6.01 Å². The zero-order valence-corrected chi connectivity index (χ0v) is 18.7. The topological polar surface area (TPSA) is 93.2 Å². The summed E-state index contributed by atoms with van der Waals surface area (Å²) in [5.74, 6) is 0.729. The van der Waals surface area contributed by atoms with E-state index in [9.17, 15) is 4.39 Å². The highest BCUT2D eigenvalue weighted by Gasteiger charge is 2.20. The molecule has 1 aliphatic rings. The molecular formula is C21H25F2N7OS. The van der Waals surface area contributed by atoms with Crippen LogP contribution < -0.4 is 15.0 Å². The summed E-state index contributed by atoms with van der Waals surface area (Å²) in [4.78, 5) is 16.0. The molecule has 4 rings (SSSR count). The van der Waals surface area contributed by atoms with E-state index in [2.05, 4.69) is 37.1 Å². The van der Waals surface area contributed by atoms with Gasteiger partial charge in [0.15, 0.2) is 17.4 Å². The van der Waals surface area contributed by atoms with Crippen LogP contribution in [-0.2, 0) is 0 Å². The van der Waals surface area contributed by atoms with E-state index in [-0.39, 0.29) is 22.7 Å². The van der Waals surface area contributed by atoms with Crippen molar-refractivity contribution < 1.29 is 13.5 Å². The quantitative estimate of drug-likeness (QED) is 0.267. The van der Waals surface area contributed by atoms with Crippen LogP contribution in [0.4, 0.5) is 20.4 Å². The molecule has 0 bridgehead atoms. The van der Waals surface area contributed by atoms with E-state index in [1.54, 1.807) is 6.92 Å². The molecule has 0 saturated carbocycles. The van der Waals surface area contributed by atoms with E-state index in [1.165, 1.54) is 24.0 Å². The SMILES string of the molecule is Cc1cc2c(F)c(Oc3nc(NCSCC=N)cc(N4CCN(C)CC4)n3)cc(F)c2[nH]1. The van der Waals surface area contributed by atoms with Crippen molar-refractivity contribution in [1.82, 2.24) is 19.9 Å². The Bertz CT molecular complexity index is 1120. The Morgan fingerprint density at radius 1 is 1.22 bits per heavy atom. The Morgan fingerprint density at radius 2 is 2.00 bits per heavy atom. The number of fused-ring (bicyclic) bond motifs is 1. The van der Waals surface area contributed by atoms with Crippen LogP contribution in [-0.4, -0.2) is 70.9 Å². The number of aryl methyl sites for hydroxylation is 1. The zero-order chi connectivity index (χ0) is 22.7. The average molecular weight is 462 g/mol. The lowest BCUT2D eigenvalue weighted by atomic mass is 10.2. The summed E-state index contributed by atoms with van der Waals surface area (Å²) in [6, 6.07) is 4.30. The predicted molar refractivity (Wildman–Crippen MR) is 124 cm³/mol. The Morgan fingerprint density at radius 3 is 2.75 bits per heavy atom. The Balaban J connectivity index is 1.64. The molecule has 1 aliphatic heterocycles. The first-order valence-corrected chi connectivity index (χ1v) is 11.4. The summed E-state index contributed by atoms with van der Waals surface area (Å²) >= 11 is 1.52. The standard InChI is InChI=1S/C21H25F2N7OS/c1-13-9-14-19(23)16(10-15(22)20(14)26-13)31-21-27-17(25-12-32-8-3-24)11-18(28-21)30-6-4-29(2)5-7-30/h3,9-11,24,26H,4-8,12H2,1-2H3,(H,25,27,28). The molecule has 0 spiro atoms. The van der Waals surface area contributed by atoms with Crippen LogP contribution in [0.2, 0.25) is 0 Å². The minimum Gasteiger partial charge on any atom is -0.421 e. The van der Waals surface area contributed by atoms with Gasteiger partial charge in [-0.15, -0.1) is 11.8 Å². The third-order valence-electron chi connectivity index (χ3n) is 5.18. The third-order valence-corrected chi connectivity index (χ3v) is 5.93. The predicted octanol–water partition coefficient (Wildman–Crippen LogP) is 3.84. The molecule has 3 heterocycles. The third kappa shape index (κ3) is 4.94. The van der Waals surface area contributed by atoms with Gasteiger partial charge in [0.2, 0.25) is 0 Å². The van der Waals surface area contributed by atoms with Crippen molar-refractivity contribution in [3.63, 3.8) is 0 Å². The second-order valence-corrected chi connectivity index (χ2v) is 8.62. The minimum atomic E-state index is -0.671. The number of benzene rings is 1. The first-order chi connectivity index (χ1) is 15.4. The number of H-pyrrole nitrogens is 1. The number of anilines is 2. The maximum Gasteiger partial charge on any atom is 0.326 e. The van der Waals surface area contributed by atoms with Crippen LogP contribution in [0.25, 0.3) is 10.9 Å². The molecule has 3 aromatic rings. The first kappa shape index (κ1) is 22.3. The van der Waals surface area contributed by atoms with Crippen molar-refractivity contribution in [1.29, 1.82) is 5.41 Å². The number of thioether (sulfide) groups is 1. The van der Waals surface area contributed by atoms with Crippen molar-refractivity contribution in [2.75, 3.05) is 55.1 Å². The normalized spacial score (nSPS) is 14.7. The number of piperazine rings is 1. The van der Waals surface area contributed by atoms with Crippen LogP contribution in [0.1, 0.15) is 5.69 Å². The Labute approximate surface area is 188 Å². The highest BCUT2D eigenvalue weighted by Crippen LogP contribution is 2.32. The number of halogens is 2. The van der Waals surface area contributed by atoms with Gasteiger partial charge in [0.05, 0.1) is 11.4 Å². The summed E-state index contributed by atoms with van der Waals surface area (Å²) in [6.45, 7) is 5.08. The summed E-state index contributed by atoms with van der Waals surface area (Å²) in [5.41, 5.74) is 0.752. The van der Waals surface area contributed by atoms with Crippen molar-refractivity contribution in [2.24, 2.45) is 0 Å². The molecule has 1 aromatic carbocycles. The molecule has 32 heavy (non-hydrogen) atoms. The van der Waals surface area contributed by atoms with Crippen molar-refractivity contribution in [3.05, 3.63) is 35.5 Å². The second kappa shape index (κ2) is 9.70. The number of nitrogens with one attached hydrogen (secondary N) is 3. The lowest BCUT2D eigenvalue weighted by Gasteiger charge is -2.33. The summed E-state index contributed by atoms with van der Waals surface area (Å²) in [6.07, 6.45) is 1.33. The number of aromatic nitrogens is 3. The number of hydrogen-bond acceptors (Lipinski definition) is 8. The molecule has 0 unspecified atom stereocenters. The maximum absolute atomic E-state index is 15.0. The van der Waals surface area contributed by atoms with E-state index in [1.807, 2.05) is 6.07 Å². The molecule has 2 aromatic heterocycles. The second-order valence-electron chi connectivity index (χ2n) is 7.59. The van der Waals surface area contributed by atoms with Gasteiger partial charge < -0.3 is 30.2 Å². The molecule has 1 fully saturated rings. The molecular weight excluding hydrogens is 436 g/mol. The fourth-order valence-corrected chi connectivity index (χ4v) is 3.98. The summed E-state index contributed by atoms with van der Waals surface area (Å²) in [7, 11) is 2.07. The van der Waals surface area contributed by atoms with Crippen molar-refractivity contribution in [3.8, 4) is 11.8 Å². The van der Waals surface area contributed by atoms with Gasteiger partial charge in [-0.1, -0.05) is 0 Å². The molecule has 8 nitrogen and oxygen atoms in total. The molecule has 0 atom stereocenters.